The van der Waals surface area contributed by atoms with Gasteiger partial charge in [-0.15, -0.1) is 0 Å². The van der Waals surface area contributed by atoms with Gasteiger partial charge in [-0.3, -0.25) is 0 Å². The molecule has 1 atom stereocenters. The molecule has 3 nitrogen and oxygen atoms in total. The highest BCUT2D eigenvalue weighted by atomic mass is 16.5. The number of ether oxygens (including phenoxy) is 1. The van der Waals surface area contributed by atoms with Crippen molar-refractivity contribution in [1.29, 1.82) is 0 Å². The Morgan fingerprint density at radius 3 is 2.75 bits per heavy atom. The number of hydrogen-bond acceptors (Lipinski definition) is 3. The van der Waals surface area contributed by atoms with Gasteiger partial charge in [-0.2, -0.15) is 0 Å². The van der Waals surface area contributed by atoms with Crippen LogP contribution in [0, 0.1) is 12.8 Å². The first kappa shape index (κ1) is 12.8. The molecule has 1 aromatic carbocycles. The number of nitrogens with two attached hydrogens (primary N) is 1. The van der Waals surface area contributed by atoms with Crippen molar-refractivity contribution in [2.75, 3.05) is 25.5 Å². The molecule has 1 rings (SSSR count). The smallest absolute Gasteiger partial charge is 0.121 e. The Labute approximate surface area is 98.0 Å². The fraction of sp³-hybridized carbons (Fsp3) is 0.538. The van der Waals surface area contributed by atoms with Gasteiger partial charge >= 0.3 is 0 Å². The molecule has 0 radical (unpaired) electrons. The average Bonchev–Trinajstić information content (AvgIpc) is 2.27. The van der Waals surface area contributed by atoms with E-state index in [0.717, 1.165) is 36.5 Å². The van der Waals surface area contributed by atoms with Crippen molar-refractivity contribution in [3.8, 4) is 5.75 Å². The normalized spacial score (nSPS) is 12.2. The lowest BCUT2D eigenvalue weighted by Crippen LogP contribution is -2.15. The Bertz CT molecular complexity index is 326. The highest BCUT2D eigenvalue weighted by Gasteiger charge is 2.02. The summed E-state index contributed by atoms with van der Waals surface area (Å²) in [6.45, 7) is 5.97. The lowest BCUT2D eigenvalue weighted by atomic mass is 10.1. The quantitative estimate of drug-likeness (QED) is 0.777. The third kappa shape index (κ3) is 3.74. The van der Waals surface area contributed by atoms with Crippen LogP contribution >= 0.6 is 0 Å². The van der Waals surface area contributed by atoms with Crippen LogP contribution in [0.3, 0.4) is 0 Å². The van der Waals surface area contributed by atoms with Gasteiger partial charge in [0.15, 0.2) is 0 Å². The van der Waals surface area contributed by atoms with Crippen LogP contribution in [0.4, 0.5) is 5.69 Å². The zero-order valence-corrected chi connectivity index (χ0v) is 10.4. The van der Waals surface area contributed by atoms with E-state index in [9.17, 15) is 0 Å². The second kappa shape index (κ2) is 6.38. The van der Waals surface area contributed by atoms with E-state index in [4.69, 9.17) is 10.5 Å². The van der Waals surface area contributed by atoms with Gasteiger partial charge in [0.2, 0.25) is 0 Å². The highest BCUT2D eigenvalue weighted by Crippen LogP contribution is 2.21. The van der Waals surface area contributed by atoms with Crippen molar-refractivity contribution in [2.24, 2.45) is 11.7 Å². The molecule has 0 saturated carbocycles. The minimum Gasteiger partial charge on any atom is -0.496 e. The zero-order valence-electron chi connectivity index (χ0n) is 10.4. The minimum absolute atomic E-state index is 0.604. The molecule has 0 aromatic heterocycles. The van der Waals surface area contributed by atoms with E-state index >= 15 is 0 Å². The number of benzene rings is 1. The van der Waals surface area contributed by atoms with Gasteiger partial charge in [0.05, 0.1) is 7.11 Å². The Morgan fingerprint density at radius 2 is 2.19 bits per heavy atom. The van der Waals surface area contributed by atoms with E-state index in [-0.39, 0.29) is 0 Å². The van der Waals surface area contributed by atoms with E-state index in [1.807, 2.05) is 19.1 Å². The van der Waals surface area contributed by atoms with Crippen molar-refractivity contribution in [1.82, 2.24) is 0 Å². The molecule has 0 fully saturated rings. The van der Waals surface area contributed by atoms with Crippen LogP contribution in [-0.2, 0) is 0 Å². The fourth-order valence-electron chi connectivity index (χ4n) is 1.67. The second-order valence-electron chi connectivity index (χ2n) is 4.25. The number of rotatable bonds is 6. The topological polar surface area (TPSA) is 47.3 Å². The van der Waals surface area contributed by atoms with Gasteiger partial charge in [0, 0.05) is 12.2 Å². The summed E-state index contributed by atoms with van der Waals surface area (Å²) >= 11 is 0. The molecule has 0 bridgehead atoms. The van der Waals surface area contributed by atoms with Crippen molar-refractivity contribution in [2.45, 2.75) is 20.3 Å². The van der Waals surface area contributed by atoms with Gasteiger partial charge in [0.1, 0.15) is 5.75 Å². The third-order valence-electron chi connectivity index (χ3n) is 2.71. The monoisotopic (exact) mass is 222 g/mol. The van der Waals surface area contributed by atoms with Gasteiger partial charge < -0.3 is 15.8 Å². The Morgan fingerprint density at radius 1 is 1.44 bits per heavy atom. The van der Waals surface area contributed by atoms with Gasteiger partial charge in [-0.05, 0) is 49.6 Å². The molecule has 90 valence electrons. The maximum absolute atomic E-state index is 5.52. The number of methoxy groups -OCH3 is 1. The standard InChI is InChI=1S/C13H22N2O/c1-10(6-7-14)9-15-12-4-5-13(16-3)11(2)8-12/h4-5,8,10,15H,6-7,9,14H2,1-3H3. The van der Waals surface area contributed by atoms with E-state index in [1.54, 1.807) is 7.11 Å². The summed E-state index contributed by atoms with van der Waals surface area (Å²) in [5, 5.41) is 3.41. The van der Waals surface area contributed by atoms with Crippen molar-refractivity contribution in [3.63, 3.8) is 0 Å². The first-order valence-corrected chi connectivity index (χ1v) is 5.76. The summed E-state index contributed by atoms with van der Waals surface area (Å²) in [7, 11) is 1.69. The van der Waals surface area contributed by atoms with Crippen LogP contribution in [-0.4, -0.2) is 20.2 Å². The van der Waals surface area contributed by atoms with Crippen LogP contribution in [0.25, 0.3) is 0 Å². The molecule has 16 heavy (non-hydrogen) atoms. The van der Waals surface area contributed by atoms with Crippen LogP contribution in [0.2, 0.25) is 0 Å². The molecule has 0 saturated heterocycles. The highest BCUT2D eigenvalue weighted by molar-refractivity contribution is 5.50. The molecule has 1 aromatic rings. The molecule has 0 amide bonds. The van der Waals surface area contributed by atoms with Crippen molar-refractivity contribution in [3.05, 3.63) is 23.8 Å². The summed E-state index contributed by atoms with van der Waals surface area (Å²) in [5.74, 6) is 1.54. The average molecular weight is 222 g/mol. The zero-order chi connectivity index (χ0) is 12.0. The number of anilines is 1. The predicted octanol–water partition coefficient (Wildman–Crippen LogP) is 2.40. The molecule has 3 N–H and O–H groups in total. The largest absolute Gasteiger partial charge is 0.496 e. The Balaban J connectivity index is 2.51. The lowest BCUT2D eigenvalue weighted by Gasteiger charge is -2.13. The third-order valence-corrected chi connectivity index (χ3v) is 2.71. The minimum atomic E-state index is 0.604. The molecule has 0 heterocycles. The van der Waals surface area contributed by atoms with Gasteiger partial charge in [-0.25, -0.2) is 0 Å². The number of aryl methyl sites for hydroxylation is 1. The number of hydrogen-bond donors (Lipinski definition) is 2. The van der Waals surface area contributed by atoms with Gasteiger partial charge in [-0.1, -0.05) is 6.92 Å². The molecule has 0 aliphatic heterocycles. The van der Waals surface area contributed by atoms with Crippen molar-refractivity contribution >= 4 is 5.69 Å². The molecule has 3 heteroatoms. The lowest BCUT2D eigenvalue weighted by molar-refractivity contribution is 0.412. The SMILES string of the molecule is COc1ccc(NCC(C)CCN)cc1C. The number of nitrogens with one attached hydrogen (secondary N) is 1. The molecular weight excluding hydrogens is 200 g/mol. The van der Waals surface area contributed by atoms with E-state index in [1.165, 1.54) is 0 Å². The summed E-state index contributed by atoms with van der Waals surface area (Å²) in [4.78, 5) is 0. The summed E-state index contributed by atoms with van der Waals surface area (Å²) in [6.07, 6.45) is 1.06. The van der Waals surface area contributed by atoms with Crippen LogP contribution in [0.1, 0.15) is 18.9 Å². The molecule has 0 aliphatic carbocycles. The van der Waals surface area contributed by atoms with E-state index < -0.39 is 0 Å². The van der Waals surface area contributed by atoms with Crippen LogP contribution in [0.5, 0.6) is 5.75 Å². The predicted molar refractivity (Wildman–Crippen MR) is 69.1 cm³/mol. The molecular formula is C13H22N2O. The maximum Gasteiger partial charge on any atom is 0.121 e. The Kier molecular flexibility index (Phi) is 5.12. The first-order valence-electron chi connectivity index (χ1n) is 5.76. The second-order valence-corrected chi connectivity index (χ2v) is 4.25. The molecule has 0 spiro atoms. The Hall–Kier alpha value is -1.22. The maximum atomic E-state index is 5.52. The van der Waals surface area contributed by atoms with Crippen LogP contribution < -0.4 is 15.8 Å². The fourth-order valence-corrected chi connectivity index (χ4v) is 1.67. The summed E-state index contributed by atoms with van der Waals surface area (Å²) < 4.78 is 5.22. The molecule has 1 unspecified atom stereocenters. The summed E-state index contributed by atoms with van der Waals surface area (Å²) in [5.41, 5.74) is 7.81. The van der Waals surface area contributed by atoms with Gasteiger partial charge in [0.25, 0.3) is 0 Å². The first-order chi connectivity index (χ1) is 7.67. The van der Waals surface area contributed by atoms with E-state index in [0.29, 0.717) is 5.92 Å². The summed E-state index contributed by atoms with van der Waals surface area (Å²) in [6, 6.07) is 6.14. The van der Waals surface area contributed by atoms with Crippen LogP contribution in [0.15, 0.2) is 18.2 Å². The van der Waals surface area contributed by atoms with E-state index in [2.05, 4.69) is 18.3 Å². The van der Waals surface area contributed by atoms with Crippen molar-refractivity contribution < 1.29 is 4.74 Å². The molecule has 0 aliphatic rings.